The van der Waals surface area contributed by atoms with E-state index in [0.717, 1.165) is 24.0 Å². The minimum absolute atomic E-state index is 0.0339. The summed E-state index contributed by atoms with van der Waals surface area (Å²) in [6.45, 7) is 4.37. The summed E-state index contributed by atoms with van der Waals surface area (Å²) in [4.78, 5) is 12.9. The molecule has 3 rings (SSSR count). The van der Waals surface area contributed by atoms with Crippen molar-refractivity contribution in [3.05, 3.63) is 47.0 Å². The summed E-state index contributed by atoms with van der Waals surface area (Å²) in [5.41, 5.74) is 2.76. The maximum atomic E-state index is 12.9. The lowest BCUT2D eigenvalue weighted by atomic mass is 9.87. The molecule has 1 atom stereocenters. The SMILES string of the molecule is CCCc1cc2c(c(OC)c1C(C)CC(=O)c1ccccc1OC)OCO2. The fourth-order valence-electron chi connectivity index (χ4n) is 3.66. The van der Waals surface area contributed by atoms with E-state index in [2.05, 4.69) is 6.92 Å². The van der Waals surface area contributed by atoms with Crippen molar-refractivity contribution in [3.63, 3.8) is 0 Å². The fraction of sp³-hybridized carbons (Fsp3) is 0.409. The number of carbonyl (C=O) groups excluding carboxylic acids is 1. The van der Waals surface area contributed by atoms with Crippen LogP contribution >= 0.6 is 0 Å². The van der Waals surface area contributed by atoms with Gasteiger partial charge in [-0.25, -0.2) is 0 Å². The molecule has 1 heterocycles. The molecule has 1 aliphatic heterocycles. The summed E-state index contributed by atoms with van der Waals surface area (Å²) in [6.07, 6.45) is 2.23. The van der Waals surface area contributed by atoms with E-state index in [1.165, 1.54) is 0 Å². The number of fused-ring (bicyclic) bond motifs is 1. The van der Waals surface area contributed by atoms with E-state index >= 15 is 0 Å². The first-order valence-corrected chi connectivity index (χ1v) is 9.26. The van der Waals surface area contributed by atoms with E-state index in [-0.39, 0.29) is 18.5 Å². The number of carbonyl (C=O) groups is 1. The lowest BCUT2D eigenvalue weighted by Crippen LogP contribution is -2.10. The molecule has 144 valence electrons. The standard InChI is InChI=1S/C22H26O5/c1-5-8-15-12-19-21(27-13-26-19)22(25-4)20(15)14(2)11-17(23)16-9-6-7-10-18(16)24-3/h6-7,9-10,12,14H,5,8,11,13H2,1-4H3. The third-order valence-electron chi connectivity index (χ3n) is 4.86. The first kappa shape index (κ1) is 19.1. The zero-order chi connectivity index (χ0) is 19.4. The Balaban J connectivity index is 1.96. The van der Waals surface area contributed by atoms with E-state index < -0.39 is 0 Å². The lowest BCUT2D eigenvalue weighted by Gasteiger charge is -2.21. The molecular formula is C22H26O5. The molecule has 0 spiro atoms. The van der Waals surface area contributed by atoms with Gasteiger partial charge in [-0.05, 0) is 36.1 Å². The number of para-hydroxylation sites is 1. The van der Waals surface area contributed by atoms with E-state index in [1.807, 2.05) is 31.2 Å². The van der Waals surface area contributed by atoms with Crippen LogP contribution in [0.5, 0.6) is 23.0 Å². The van der Waals surface area contributed by atoms with Gasteiger partial charge in [-0.2, -0.15) is 0 Å². The van der Waals surface area contributed by atoms with Gasteiger partial charge in [-0.1, -0.05) is 32.4 Å². The second kappa shape index (κ2) is 8.33. The van der Waals surface area contributed by atoms with Gasteiger partial charge in [0.15, 0.2) is 17.3 Å². The van der Waals surface area contributed by atoms with Crippen LogP contribution in [0.15, 0.2) is 30.3 Å². The van der Waals surface area contributed by atoms with Crippen LogP contribution < -0.4 is 18.9 Å². The van der Waals surface area contributed by atoms with Crippen molar-refractivity contribution in [1.29, 1.82) is 0 Å². The molecule has 1 unspecified atom stereocenters. The van der Waals surface area contributed by atoms with Crippen molar-refractivity contribution in [1.82, 2.24) is 0 Å². The largest absolute Gasteiger partial charge is 0.496 e. The molecule has 0 amide bonds. The maximum Gasteiger partial charge on any atom is 0.231 e. The molecule has 0 aromatic heterocycles. The fourth-order valence-corrected chi connectivity index (χ4v) is 3.66. The molecule has 0 N–H and O–H groups in total. The van der Waals surface area contributed by atoms with Crippen molar-refractivity contribution < 1.29 is 23.7 Å². The second-order valence-electron chi connectivity index (χ2n) is 6.70. The maximum absolute atomic E-state index is 12.9. The highest BCUT2D eigenvalue weighted by atomic mass is 16.7. The Hall–Kier alpha value is -2.69. The monoisotopic (exact) mass is 370 g/mol. The molecule has 2 aromatic carbocycles. The number of hydrogen-bond donors (Lipinski definition) is 0. The van der Waals surface area contributed by atoms with Crippen molar-refractivity contribution in [2.24, 2.45) is 0 Å². The summed E-state index contributed by atoms with van der Waals surface area (Å²) in [7, 11) is 3.21. The zero-order valence-corrected chi connectivity index (χ0v) is 16.3. The molecule has 0 saturated heterocycles. The zero-order valence-electron chi connectivity index (χ0n) is 16.3. The normalized spacial score (nSPS) is 13.3. The van der Waals surface area contributed by atoms with Crippen LogP contribution in [0.25, 0.3) is 0 Å². The number of hydrogen-bond acceptors (Lipinski definition) is 5. The molecule has 0 saturated carbocycles. The molecule has 5 nitrogen and oxygen atoms in total. The minimum Gasteiger partial charge on any atom is -0.496 e. The lowest BCUT2D eigenvalue weighted by molar-refractivity contribution is 0.0972. The number of Topliss-reactive ketones (excluding diaryl/α,β-unsaturated/α-hetero) is 1. The van der Waals surface area contributed by atoms with Gasteiger partial charge in [-0.15, -0.1) is 0 Å². The van der Waals surface area contributed by atoms with Gasteiger partial charge in [0.25, 0.3) is 0 Å². The van der Waals surface area contributed by atoms with Crippen LogP contribution in [0.4, 0.5) is 0 Å². The summed E-state index contributed by atoms with van der Waals surface area (Å²) in [6, 6.07) is 9.34. The number of rotatable bonds is 8. The Labute approximate surface area is 160 Å². The Morgan fingerprint density at radius 3 is 2.67 bits per heavy atom. The highest BCUT2D eigenvalue weighted by molar-refractivity contribution is 5.99. The van der Waals surface area contributed by atoms with E-state index in [4.69, 9.17) is 18.9 Å². The molecule has 2 aromatic rings. The highest BCUT2D eigenvalue weighted by Crippen LogP contribution is 2.48. The third kappa shape index (κ3) is 3.72. The van der Waals surface area contributed by atoms with Crippen LogP contribution in [0.2, 0.25) is 0 Å². The van der Waals surface area contributed by atoms with E-state index in [0.29, 0.717) is 35.0 Å². The molecule has 1 aliphatic rings. The van der Waals surface area contributed by atoms with Crippen LogP contribution in [0.3, 0.4) is 0 Å². The number of methoxy groups -OCH3 is 2. The molecular weight excluding hydrogens is 344 g/mol. The smallest absolute Gasteiger partial charge is 0.231 e. The van der Waals surface area contributed by atoms with Gasteiger partial charge in [0.2, 0.25) is 12.5 Å². The van der Waals surface area contributed by atoms with Gasteiger partial charge in [0.1, 0.15) is 5.75 Å². The summed E-state index contributed by atoms with van der Waals surface area (Å²) < 4.78 is 22.2. The molecule has 0 fully saturated rings. The number of ether oxygens (including phenoxy) is 4. The molecule has 0 aliphatic carbocycles. The van der Waals surface area contributed by atoms with Gasteiger partial charge < -0.3 is 18.9 Å². The number of benzene rings is 2. The van der Waals surface area contributed by atoms with Gasteiger partial charge >= 0.3 is 0 Å². The highest BCUT2D eigenvalue weighted by Gasteiger charge is 2.29. The molecule has 0 radical (unpaired) electrons. The average molecular weight is 370 g/mol. The van der Waals surface area contributed by atoms with Crippen molar-refractivity contribution in [2.45, 2.75) is 39.0 Å². The molecule has 5 heteroatoms. The van der Waals surface area contributed by atoms with E-state index in [9.17, 15) is 4.79 Å². The van der Waals surface area contributed by atoms with Crippen molar-refractivity contribution >= 4 is 5.78 Å². The Kier molecular flexibility index (Phi) is 5.89. The number of aryl methyl sites for hydroxylation is 1. The van der Waals surface area contributed by atoms with Crippen LogP contribution in [-0.2, 0) is 6.42 Å². The Bertz CT molecular complexity index is 828. The van der Waals surface area contributed by atoms with Crippen LogP contribution in [0, 0.1) is 0 Å². The quantitative estimate of drug-likeness (QED) is 0.627. The van der Waals surface area contributed by atoms with Gasteiger partial charge in [0.05, 0.1) is 19.8 Å². The van der Waals surface area contributed by atoms with Crippen molar-refractivity contribution in [3.8, 4) is 23.0 Å². The number of ketones is 1. The van der Waals surface area contributed by atoms with Gasteiger partial charge in [0, 0.05) is 12.0 Å². The summed E-state index contributed by atoms with van der Waals surface area (Å²) in [5, 5.41) is 0. The minimum atomic E-state index is -0.0339. The third-order valence-corrected chi connectivity index (χ3v) is 4.86. The van der Waals surface area contributed by atoms with Crippen LogP contribution in [0.1, 0.15) is 54.1 Å². The Morgan fingerprint density at radius 2 is 1.96 bits per heavy atom. The second-order valence-corrected chi connectivity index (χ2v) is 6.70. The predicted octanol–water partition coefficient (Wildman–Crippen LogP) is 4.76. The Morgan fingerprint density at radius 1 is 1.19 bits per heavy atom. The average Bonchev–Trinajstić information content (AvgIpc) is 3.15. The molecule has 27 heavy (non-hydrogen) atoms. The van der Waals surface area contributed by atoms with Gasteiger partial charge in [-0.3, -0.25) is 4.79 Å². The summed E-state index contributed by atoms with van der Waals surface area (Å²) >= 11 is 0. The predicted molar refractivity (Wildman–Crippen MR) is 103 cm³/mol. The summed E-state index contributed by atoms with van der Waals surface area (Å²) in [5.74, 6) is 2.62. The van der Waals surface area contributed by atoms with Crippen molar-refractivity contribution in [2.75, 3.05) is 21.0 Å². The topological polar surface area (TPSA) is 54.0 Å². The first-order valence-electron chi connectivity index (χ1n) is 9.26. The van der Waals surface area contributed by atoms with Crippen LogP contribution in [-0.4, -0.2) is 26.8 Å². The van der Waals surface area contributed by atoms with E-state index in [1.54, 1.807) is 20.3 Å². The molecule has 0 bridgehead atoms. The first-order chi connectivity index (χ1) is 13.1.